The molecular weight excluding hydrogens is 952 g/mol. The highest BCUT2D eigenvalue weighted by Gasteiger charge is 2.28. The highest BCUT2D eigenvalue weighted by molar-refractivity contribution is 7.47. The lowest BCUT2D eigenvalue weighted by Crippen LogP contribution is -2.30. The van der Waals surface area contributed by atoms with Crippen LogP contribution < -0.4 is 0 Å². The SMILES string of the molecule is CCCCC/C=C\C/C=C\CCCCCCCC(=O)OC(CO)COP(=O)(O)OCC(COC(=O)CCCCCCC/C=C\CCCCCC)OC(=O)CCCCCCCCCCC/C=C\CCCCCCCC. The molecule has 0 aromatic rings. The number of esters is 3. The van der Waals surface area contributed by atoms with E-state index in [2.05, 4.69) is 69.4 Å². The molecule has 0 aliphatic rings. The van der Waals surface area contributed by atoms with Crippen LogP contribution in [0.4, 0.5) is 0 Å². The van der Waals surface area contributed by atoms with Crippen molar-refractivity contribution in [2.45, 2.75) is 303 Å². The molecule has 0 aromatic carbocycles. The van der Waals surface area contributed by atoms with Gasteiger partial charge in [0.1, 0.15) is 12.7 Å². The lowest BCUT2D eigenvalue weighted by molar-refractivity contribution is -0.161. The van der Waals surface area contributed by atoms with Crippen molar-refractivity contribution >= 4 is 25.7 Å². The first-order chi connectivity index (χ1) is 36.2. The first-order valence-corrected chi connectivity index (χ1v) is 32.0. The van der Waals surface area contributed by atoms with Crippen LogP contribution in [0.5, 0.6) is 0 Å². The van der Waals surface area contributed by atoms with Gasteiger partial charge in [-0.1, -0.05) is 217 Å². The molecule has 0 rings (SSSR count). The van der Waals surface area contributed by atoms with Crippen LogP contribution in [-0.4, -0.2) is 66.5 Å². The molecule has 12 heteroatoms. The van der Waals surface area contributed by atoms with Gasteiger partial charge >= 0.3 is 25.7 Å². The number of phosphoric ester groups is 1. The third-order valence-electron chi connectivity index (χ3n) is 13.2. The zero-order valence-corrected chi connectivity index (χ0v) is 48.7. The molecule has 3 unspecified atom stereocenters. The fourth-order valence-corrected chi connectivity index (χ4v) is 9.28. The number of hydrogen-bond donors (Lipinski definition) is 2. The second kappa shape index (κ2) is 56.6. The van der Waals surface area contributed by atoms with E-state index in [9.17, 15) is 28.9 Å². The van der Waals surface area contributed by atoms with E-state index in [1.54, 1.807) is 0 Å². The molecule has 74 heavy (non-hydrogen) atoms. The van der Waals surface area contributed by atoms with Crippen LogP contribution >= 0.6 is 7.82 Å². The van der Waals surface area contributed by atoms with E-state index in [1.165, 1.54) is 128 Å². The van der Waals surface area contributed by atoms with Gasteiger partial charge in [-0.25, -0.2) is 4.57 Å². The quantitative estimate of drug-likeness (QED) is 0.0197. The molecule has 0 saturated carbocycles. The maximum Gasteiger partial charge on any atom is 0.472 e. The Morgan fingerprint density at radius 3 is 1.05 bits per heavy atom. The van der Waals surface area contributed by atoms with Crippen molar-refractivity contribution in [2.24, 2.45) is 0 Å². The lowest BCUT2D eigenvalue weighted by Gasteiger charge is -2.21. The Labute approximate surface area is 453 Å². The van der Waals surface area contributed by atoms with E-state index < -0.39 is 57.8 Å². The Bertz CT molecular complexity index is 1430. The van der Waals surface area contributed by atoms with Gasteiger partial charge in [-0.2, -0.15) is 0 Å². The third kappa shape index (κ3) is 54.2. The van der Waals surface area contributed by atoms with Crippen molar-refractivity contribution in [3.63, 3.8) is 0 Å². The van der Waals surface area contributed by atoms with Crippen LogP contribution in [0.1, 0.15) is 290 Å². The largest absolute Gasteiger partial charge is 0.472 e. The van der Waals surface area contributed by atoms with E-state index >= 15 is 0 Å². The van der Waals surface area contributed by atoms with Gasteiger partial charge < -0.3 is 24.2 Å². The third-order valence-corrected chi connectivity index (χ3v) is 14.1. The maximum atomic E-state index is 12.9. The van der Waals surface area contributed by atoms with Gasteiger partial charge in [0.25, 0.3) is 0 Å². The Hall–Kier alpha value is -2.56. The van der Waals surface area contributed by atoms with Crippen molar-refractivity contribution < 1.29 is 52.2 Å². The molecule has 11 nitrogen and oxygen atoms in total. The molecule has 432 valence electrons. The molecular formula is C62H113O11P. The summed E-state index contributed by atoms with van der Waals surface area (Å²) in [4.78, 5) is 48.6. The van der Waals surface area contributed by atoms with Crippen molar-refractivity contribution in [3.8, 4) is 0 Å². The molecule has 0 aliphatic carbocycles. The predicted octanol–water partition coefficient (Wildman–Crippen LogP) is 18.1. The van der Waals surface area contributed by atoms with Crippen LogP contribution in [0.2, 0.25) is 0 Å². The lowest BCUT2D eigenvalue weighted by atomic mass is 10.1. The van der Waals surface area contributed by atoms with Gasteiger partial charge in [-0.3, -0.25) is 23.4 Å². The van der Waals surface area contributed by atoms with E-state index in [4.69, 9.17) is 23.3 Å². The van der Waals surface area contributed by atoms with Gasteiger partial charge in [0.05, 0.1) is 19.8 Å². The summed E-state index contributed by atoms with van der Waals surface area (Å²) in [6, 6.07) is 0. The van der Waals surface area contributed by atoms with Gasteiger partial charge in [-0.05, 0) is 103 Å². The molecule has 2 N–H and O–H groups in total. The van der Waals surface area contributed by atoms with Crippen molar-refractivity contribution in [1.29, 1.82) is 0 Å². The Morgan fingerprint density at radius 1 is 0.378 bits per heavy atom. The van der Waals surface area contributed by atoms with Crippen LogP contribution in [0.15, 0.2) is 48.6 Å². The van der Waals surface area contributed by atoms with Gasteiger partial charge in [0.2, 0.25) is 0 Å². The molecule has 0 heterocycles. The average Bonchev–Trinajstić information content (AvgIpc) is 3.39. The minimum absolute atomic E-state index is 0.162. The summed E-state index contributed by atoms with van der Waals surface area (Å²) < 4.78 is 39.6. The first-order valence-electron chi connectivity index (χ1n) is 30.5. The zero-order chi connectivity index (χ0) is 54.1. The van der Waals surface area contributed by atoms with E-state index in [0.717, 1.165) is 103 Å². The highest BCUT2D eigenvalue weighted by atomic mass is 31.2. The summed E-state index contributed by atoms with van der Waals surface area (Å²) in [7, 11) is -4.75. The molecule has 0 radical (unpaired) electrons. The number of unbranched alkanes of at least 4 members (excludes halogenated alkanes) is 32. The van der Waals surface area contributed by atoms with Crippen LogP contribution in [-0.2, 0) is 42.2 Å². The molecule has 3 atom stereocenters. The summed E-state index contributed by atoms with van der Waals surface area (Å²) in [5.74, 6) is -1.48. The number of rotatable bonds is 57. The fraction of sp³-hybridized carbons (Fsp3) is 0.823. The number of aliphatic hydroxyl groups is 1. The Morgan fingerprint density at radius 2 is 0.662 bits per heavy atom. The van der Waals surface area contributed by atoms with E-state index in [0.29, 0.717) is 19.3 Å². The highest BCUT2D eigenvalue weighted by Crippen LogP contribution is 2.43. The summed E-state index contributed by atoms with van der Waals surface area (Å²) in [5, 5.41) is 9.82. The summed E-state index contributed by atoms with van der Waals surface area (Å²) >= 11 is 0. The number of allylic oxidation sites excluding steroid dienone is 8. The number of carbonyl (C=O) groups is 3. The zero-order valence-electron chi connectivity index (χ0n) is 47.8. The number of ether oxygens (including phenoxy) is 3. The Kier molecular flexibility index (Phi) is 54.7. The minimum atomic E-state index is -4.75. The van der Waals surface area contributed by atoms with Gasteiger partial charge in [0.15, 0.2) is 6.10 Å². The van der Waals surface area contributed by atoms with Crippen LogP contribution in [0.25, 0.3) is 0 Å². The standard InChI is InChI=1S/C62H113O11P/c1-4-7-10-13-16-19-22-25-27-28-29-30-32-35-38-41-44-47-50-53-62(66)73-59(55-69-60(64)51-48-45-42-39-36-33-24-21-18-15-12-9-6-3)57-71-74(67,68)70-56-58(54-63)72-61(65)52-49-46-43-40-37-34-31-26-23-20-17-14-11-8-5-2/h17,20-21,24-27,31,58-59,63H,4-16,18-19,22-23,28-30,32-57H2,1-3H3,(H,67,68)/b20-17-,24-21-,27-25-,31-26-. The normalized spacial score (nSPS) is 13.6. The van der Waals surface area contributed by atoms with Crippen molar-refractivity contribution in [1.82, 2.24) is 0 Å². The maximum absolute atomic E-state index is 12.9. The number of phosphoric acid groups is 1. The molecule has 0 fully saturated rings. The molecule has 0 bridgehead atoms. The van der Waals surface area contributed by atoms with Gasteiger partial charge in [-0.15, -0.1) is 0 Å². The second-order valence-corrected chi connectivity index (χ2v) is 22.0. The van der Waals surface area contributed by atoms with E-state index in [-0.39, 0.29) is 25.9 Å². The summed E-state index contributed by atoms with van der Waals surface area (Å²) in [6.45, 7) is 4.61. The van der Waals surface area contributed by atoms with Crippen molar-refractivity contribution in [2.75, 3.05) is 26.4 Å². The van der Waals surface area contributed by atoms with Crippen LogP contribution in [0, 0.1) is 0 Å². The number of hydrogen-bond acceptors (Lipinski definition) is 10. The predicted molar refractivity (Wildman–Crippen MR) is 307 cm³/mol. The Balaban J connectivity index is 4.69. The van der Waals surface area contributed by atoms with Crippen molar-refractivity contribution in [3.05, 3.63) is 48.6 Å². The summed E-state index contributed by atoms with van der Waals surface area (Å²) in [5.41, 5.74) is 0. The van der Waals surface area contributed by atoms with E-state index in [1.807, 2.05) is 0 Å². The fourth-order valence-electron chi connectivity index (χ4n) is 8.49. The molecule has 0 amide bonds. The molecule has 0 spiro atoms. The van der Waals surface area contributed by atoms with Crippen LogP contribution in [0.3, 0.4) is 0 Å². The second-order valence-electron chi connectivity index (χ2n) is 20.5. The monoisotopic (exact) mass is 1060 g/mol. The molecule has 0 aliphatic heterocycles. The number of carbonyl (C=O) groups excluding carboxylic acids is 3. The minimum Gasteiger partial charge on any atom is -0.462 e. The number of aliphatic hydroxyl groups excluding tert-OH is 1. The average molecular weight is 1070 g/mol. The smallest absolute Gasteiger partial charge is 0.462 e. The molecule has 0 saturated heterocycles. The topological polar surface area (TPSA) is 155 Å². The first kappa shape index (κ1) is 71.4. The molecule has 0 aromatic heterocycles. The summed E-state index contributed by atoms with van der Waals surface area (Å²) in [6.07, 6.45) is 60.6. The van der Waals surface area contributed by atoms with Gasteiger partial charge in [0, 0.05) is 19.3 Å².